The van der Waals surface area contributed by atoms with Crippen LogP contribution in [0.15, 0.2) is 217 Å². The van der Waals surface area contributed by atoms with Gasteiger partial charge in [-0.15, -0.1) is 0 Å². The molecular formula is C59H47N. The van der Waals surface area contributed by atoms with Crippen LogP contribution in [0.5, 0.6) is 0 Å². The van der Waals surface area contributed by atoms with Crippen LogP contribution in [0.4, 0.5) is 5.69 Å². The van der Waals surface area contributed by atoms with Crippen molar-refractivity contribution in [3.8, 4) is 11.1 Å². The molecular weight excluding hydrogens is 723 g/mol. The Morgan fingerprint density at radius 3 is 1.98 bits per heavy atom. The lowest BCUT2D eigenvalue weighted by atomic mass is 9.51. The molecule has 2 spiro atoms. The van der Waals surface area contributed by atoms with Gasteiger partial charge in [0.05, 0.1) is 10.8 Å². The summed E-state index contributed by atoms with van der Waals surface area (Å²) < 4.78 is 0. The zero-order valence-electron chi connectivity index (χ0n) is 33.9. The van der Waals surface area contributed by atoms with Crippen LogP contribution in [0.25, 0.3) is 16.7 Å². The predicted octanol–water partition coefficient (Wildman–Crippen LogP) is 13.7. The van der Waals surface area contributed by atoms with Crippen LogP contribution in [0, 0.1) is 5.92 Å². The molecule has 12 rings (SSSR count). The van der Waals surface area contributed by atoms with Crippen molar-refractivity contribution in [1.82, 2.24) is 0 Å². The third kappa shape index (κ3) is 4.75. The standard InChI is InChI=1S/C59H47N/c1-38-16-2-4-18-43(38)57(40-31-33-42(60)34-32-40)44-19-5-3-17-41(44)36-39-30-35-55-56(37-39)59(51-26-12-8-22-47(51)48-23-9-13-27-52(48)59)54-29-15-14-28-53(54)58(55)49-24-10-6-20-45(49)46-21-7-11-25-50(46)58/h2-3,5-16,19-22,24-35,37,41,48H,1,4,17-18,23,36,60H2/b57-43-. The first-order chi connectivity index (χ1) is 29.6. The van der Waals surface area contributed by atoms with Crippen LogP contribution < -0.4 is 5.73 Å². The molecule has 3 unspecified atom stereocenters. The van der Waals surface area contributed by atoms with Crippen molar-refractivity contribution in [3.63, 3.8) is 0 Å². The van der Waals surface area contributed by atoms with Crippen LogP contribution in [0.3, 0.4) is 0 Å². The van der Waals surface area contributed by atoms with Crippen LogP contribution in [-0.2, 0) is 17.3 Å². The first-order valence-electron chi connectivity index (χ1n) is 21.8. The molecule has 0 aliphatic heterocycles. The van der Waals surface area contributed by atoms with E-state index in [1.165, 1.54) is 89.1 Å². The molecule has 288 valence electrons. The SMILES string of the molecule is C=C1C=CCC/C1=C(/C1=CC=CCC1Cc1ccc2c(c1)C1(C3=CC=CCC3c3ccccc31)c1ccccc1C21c2ccccc2-c2ccccc21)c1ccc(N)cc1. The normalized spacial score (nSPS) is 23.0. The second-order valence-electron chi connectivity index (χ2n) is 17.6. The molecule has 2 N–H and O–H groups in total. The Kier molecular flexibility index (Phi) is 7.88. The highest BCUT2D eigenvalue weighted by molar-refractivity contribution is 5.91. The summed E-state index contributed by atoms with van der Waals surface area (Å²) in [5.41, 5.74) is 29.4. The van der Waals surface area contributed by atoms with Gasteiger partial charge >= 0.3 is 0 Å². The van der Waals surface area contributed by atoms with Crippen molar-refractivity contribution in [3.05, 3.63) is 273 Å². The first-order valence-corrected chi connectivity index (χ1v) is 21.8. The van der Waals surface area contributed by atoms with Gasteiger partial charge in [-0.25, -0.2) is 0 Å². The maximum Gasteiger partial charge on any atom is 0.0720 e. The molecule has 3 atom stereocenters. The van der Waals surface area contributed by atoms with Crippen molar-refractivity contribution in [2.45, 2.75) is 48.9 Å². The number of rotatable bonds is 4. The molecule has 6 aliphatic rings. The zero-order valence-corrected chi connectivity index (χ0v) is 33.9. The Morgan fingerprint density at radius 2 is 1.23 bits per heavy atom. The average Bonchev–Trinajstić information content (AvgIpc) is 3.76. The summed E-state index contributed by atoms with van der Waals surface area (Å²) in [7, 11) is 0. The fraction of sp³-hybridized carbons (Fsp3) is 0.153. The Hall–Kier alpha value is -6.70. The van der Waals surface area contributed by atoms with Crippen molar-refractivity contribution < 1.29 is 0 Å². The van der Waals surface area contributed by atoms with Crippen LogP contribution in [-0.4, -0.2) is 0 Å². The lowest BCUT2D eigenvalue weighted by Gasteiger charge is -2.49. The molecule has 0 saturated heterocycles. The molecule has 0 bridgehead atoms. The molecule has 0 heterocycles. The van der Waals surface area contributed by atoms with Gasteiger partial charge in [0.2, 0.25) is 0 Å². The Labute approximate surface area is 354 Å². The second-order valence-corrected chi connectivity index (χ2v) is 17.6. The smallest absolute Gasteiger partial charge is 0.0720 e. The molecule has 0 fully saturated rings. The van der Waals surface area contributed by atoms with E-state index in [2.05, 4.69) is 183 Å². The summed E-state index contributed by atoms with van der Waals surface area (Å²) in [5, 5.41) is 0. The van der Waals surface area contributed by atoms with Crippen molar-refractivity contribution >= 4 is 11.3 Å². The number of nitrogens with two attached hydrogens (primary N) is 1. The van der Waals surface area contributed by atoms with Gasteiger partial charge in [0.1, 0.15) is 0 Å². The maximum atomic E-state index is 6.26. The van der Waals surface area contributed by atoms with Gasteiger partial charge < -0.3 is 5.73 Å². The summed E-state index contributed by atoms with van der Waals surface area (Å²) in [6.45, 7) is 4.56. The molecule has 0 aromatic heterocycles. The third-order valence-electron chi connectivity index (χ3n) is 14.7. The number of hydrogen-bond acceptors (Lipinski definition) is 1. The van der Waals surface area contributed by atoms with E-state index in [9.17, 15) is 0 Å². The number of hydrogen-bond donors (Lipinski definition) is 1. The van der Waals surface area contributed by atoms with Crippen LogP contribution >= 0.6 is 0 Å². The van der Waals surface area contributed by atoms with Gasteiger partial charge in [-0.05, 0) is 145 Å². The van der Waals surface area contributed by atoms with Crippen LogP contribution in [0.2, 0.25) is 0 Å². The fourth-order valence-corrected chi connectivity index (χ4v) is 12.4. The molecule has 1 heteroatoms. The van der Waals surface area contributed by atoms with E-state index in [0.29, 0.717) is 11.8 Å². The maximum absolute atomic E-state index is 6.26. The molecule has 1 nitrogen and oxygen atoms in total. The predicted molar refractivity (Wildman–Crippen MR) is 249 cm³/mol. The fourth-order valence-electron chi connectivity index (χ4n) is 12.4. The zero-order chi connectivity index (χ0) is 40.0. The summed E-state index contributed by atoms with van der Waals surface area (Å²) in [6, 6.07) is 53.5. The molecule has 0 radical (unpaired) electrons. The van der Waals surface area contributed by atoms with E-state index in [0.717, 1.165) is 43.4 Å². The quantitative estimate of drug-likeness (QED) is 0.177. The molecule has 60 heavy (non-hydrogen) atoms. The minimum Gasteiger partial charge on any atom is -0.399 e. The van der Waals surface area contributed by atoms with E-state index in [1.807, 2.05) is 12.1 Å². The highest BCUT2D eigenvalue weighted by Crippen LogP contribution is 2.68. The second kappa shape index (κ2) is 13.4. The number of nitrogen functional groups attached to an aromatic ring is 1. The molecule has 0 saturated carbocycles. The third-order valence-corrected chi connectivity index (χ3v) is 14.7. The number of fused-ring (bicyclic) bond motifs is 16. The number of allylic oxidation sites excluding steroid dienone is 13. The average molecular weight is 770 g/mol. The minimum absolute atomic E-state index is 0.293. The topological polar surface area (TPSA) is 26.0 Å². The van der Waals surface area contributed by atoms with Gasteiger partial charge in [0.15, 0.2) is 0 Å². The molecule has 6 aromatic carbocycles. The van der Waals surface area contributed by atoms with Crippen molar-refractivity contribution in [2.24, 2.45) is 5.92 Å². The van der Waals surface area contributed by atoms with Gasteiger partial charge in [-0.1, -0.05) is 183 Å². The Morgan fingerprint density at radius 1 is 0.600 bits per heavy atom. The monoisotopic (exact) mass is 769 g/mol. The number of anilines is 1. The lowest BCUT2D eigenvalue weighted by Crippen LogP contribution is -2.44. The van der Waals surface area contributed by atoms with E-state index in [-0.39, 0.29) is 0 Å². The lowest BCUT2D eigenvalue weighted by molar-refractivity contribution is 0.600. The first kappa shape index (κ1) is 35.3. The van der Waals surface area contributed by atoms with Crippen molar-refractivity contribution in [2.75, 3.05) is 5.73 Å². The summed E-state index contributed by atoms with van der Waals surface area (Å²) in [6.07, 6.45) is 23.6. The summed E-state index contributed by atoms with van der Waals surface area (Å²) >= 11 is 0. The Bertz CT molecular complexity index is 2950. The van der Waals surface area contributed by atoms with E-state index in [4.69, 9.17) is 5.73 Å². The molecule has 6 aliphatic carbocycles. The molecule has 0 amide bonds. The van der Waals surface area contributed by atoms with Crippen LogP contribution in [0.1, 0.15) is 87.2 Å². The minimum atomic E-state index is -0.457. The van der Waals surface area contributed by atoms with Gasteiger partial charge in [0, 0.05) is 11.6 Å². The van der Waals surface area contributed by atoms with E-state index < -0.39 is 10.8 Å². The highest BCUT2D eigenvalue weighted by atomic mass is 14.6. The summed E-state index contributed by atoms with van der Waals surface area (Å²) in [5.74, 6) is 0.624. The van der Waals surface area contributed by atoms with Gasteiger partial charge in [0.25, 0.3) is 0 Å². The van der Waals surface area contributed by atoms with Gasteiger partial charge in [-0.3, -0.25) is 0 Å². The number of benzene rings is 6. The highest BCUT2D eigenvalue weighted by Gasteiger charge is 2.60. The summed E-state index contributed by atoms with van der Waals surface area (Å²) in [4.78, 5) is 0. The molecule has 6 aromatic rings. The van der Waals surface area contributed by atoms with E-state index >= 15 is 0 Å². The van der Waals surface area contributed by atoms with Crippen molar-refractivity contribution in [1.29, 1.82) is 0 Å². The van der Waals surface area contributed by atoms with E-state index in [1.54, 1.807) is 0 Å². The largest absolute Gasteiger partial charge is 0.399 e. The Balaban J connectivity index is 1.11. The van der Waals surface area contributed by atoms with Gasteiger partial charge in [-0.2, -0.15) is 0 Å².